The van der Waals surface area contributed by atoms with Crippen molar-refractivity contribution in [3.8, 4) is 0 Å². The first-order chi connectivity index (χ1) is 10.3. The van der Waals surface area contributed by atoms with Gasteiger partial charge in [-0.15, -0.1) is 0 Å². The summed E-state index contributed by atoms with van der Waals surface area (Å²) >= 11 is 0. The molecule has 5 nitrogen and oxygen atoms in total. The highest BCUT2D eigenvalue weighted by Gasteiger charge is 2.55. The Kier molecular flexibility index (Phi) is 4.23. The van der Waals surface area contributed by atoms with Crippen molar-refractivity contribution in [1.29, 1.82) is 0 Å². The Hall–Kier alpha value is -2.35. The Morgan fingerprint density at radius 3 is 2.45 bits per heavy atom. The van der Waals surface area contributed by atoms with Crippen LogP contribution in [0.15, 0.2) is 36.5 Å². The molecule has 0 aliphatic carbocycles. The zero-order valence-electron chi connectivity index (χ0n) is 11.6. The Balaban J connectivity index is 2.22. The van der Waals surface area contributed by atoms with Crippen molar-refractivity contribution in [2.24, 2.45) is 0 Å². The van der Waals surface area contributed by atoms with Crippen LogP contribution in [0, 0.1) is 6.92 Å². The quantitative estimate of drug-likeness (QED) is 0.807. The van der Waals surface area contributed by atoms with Gasteiger partial charge >= 0.3 is 6.18 Å². The standard InChI is InChI=1S/C14H14F3N3O2/c1-9-11(7-19-20-9)12(21)18-8-13(22,14(15,16)17)10-5-3-2-4-6-10/h2-7,22H,8H2,1H3,(H,18,21)(H,19,20)/t13-/m0/s1. The van der Waals surface area contributed by atoms with Gasteiger partial charge in [0.2, 0.25) is 5.60 Å². The first-order valence-corrected chi connectivity index (χ1v) is 6.38. The molecule has 0 saturated heterocycles. The summed E-state index contributed by atoms with van der Waals surface area (Å²) < 4.78 is 39.7. The average Bonchev–Trinajstić information content (AvgIpc) is 2.90. The van der Waals surface area contributed by atoms with E-state index in [0.29, 0.717) is 5.69 Å². The number of aromatic amines is 1. The third-order valence-electron chi connectivity index (χ3n) is 3.30. The van der Waals surface area contributed by atoms with Crippen LogP contribution in [0.2, 0.25) is 0 Å². The normalized spacial score (nSPS) is 14.4. The molecule has 1 aromatic carbocycles. The second kappa shape index (κ2) is 5.80. The summed E-state index contributed by atoms with van der Waals surface area (Å²) in [6.07, 6.45) is -3.73. The molecule has 0 aliphatic heterocycles. The first kappa shape index (κ1) is 16.0. The van der Waals surface area contributed by atoms with Crippen molar-refractivity contribution in [1.82, 2.24) is 15.5 Å². The van der Waals surface area contributed by atoms with E-state index >= 15 is 0 Å². The van der Waals surface area contributed by atoms with Crippen LogP contribution >= 0.6 is 0 Å². The number of benzene rings is 1. The zero-order valence-corrected chi connectivity index (χ0v) is 11.6. The molecule has 0 radical (unpaired) electrons. The lowest BCUT2D eigenvalue weighted by molar-refractivity contribution is -0.263. The molecule has 3 N–H and O–H groups in total. The van der Waals surface area contributed by atoms with Gasteiger partial charge in [0.15, 0.2) is 0 Å². The largest absolute Gasteiger partial charge is 0.423 e. The van der Waals surface area contributed by atoms with E-state index in [0.717, 1.165) is 12.1 Å². The predicted molar refractivity (Wildman–Crippen MR) is 72.1 cm³/mol. The minimum Gasteiger partial charge on any atom is -0.375 e. The maximum absolute atomic E-state index is 13.2. The number of nitrogens with zero attached hydrogens (tertiary/aromatic N) is 1. The number of carbonyl (C=O) groups excluding carboxylic acids is 1. The highest BCUT2D eigenvalue weighted by molar-refractivity contribution is 5.95. The van der Waals surface area contributed by atoms with E-state index in [1.807, 2.05) is 0 Å². The molecule has 0 unspecified atom stereocenters. The number of aryl methyl sites for hydroxylation is 1. The number of aromatic nitrogens is 2. The average molecular weight is 313 g/mol. The lowest BCUT2D eigenvalue weighted by Gasteiger charge is -2.31. The van der Waals surface area contributed by atoms with Crippen molar-refractivity contribution in [2.45, 2.75) is 18.7 Å². The fourth-order valence-corrected chi connectivity index (χ4v) is 1.96. The number of hydrogen-bond acceptors (Lipinski definition) is 3. The predicted octanol–water partition coefficient (Wildman–Crippen LogP) is 1.90. The molecular weight excluding hydrogens is 299 g/mol. The van der Waals surface area contributed by atoms with Crippen LogP contribution in [0.25, 0.3) is 0 Å². The molecular formula is C14H14F3N3O2. The van der Waals surface area contributed by atoms with Crippen molar-refractivity contribution in [3.05, 3.63) is 53.3 Å². The van der Waals surface area contributed by atoms with E-state index in [2.05, 4.69) is 15.5 Å². The van der Waals surface area contributed by atoms with Crippen LogP contribution in [0.5, 0.6) is 0 Å². The van der Waals surface area contributed by atoms with Crippen LogP contribution in [0.3, 0.4) is 0 Å². The molecule has 0 fully saturated rings. The van der Waals surface area contributed by atoms with Crippen LogP contribution in [-0.4, -0.2) is 33.9 Å². The van der Waals surface area contributed by atoms with Crippen molar-refractivity contribution >= 4 is 5.91 Å². The van der Waals surface area contributed by atoms with E-state index in [9.17, 15) is 23.1 Å². The van der Waals surface area contributed by atoms with Gasteiger partial charge in [0, 0.05) is 5.69 Å². The third kappa shape index (κ3) is 2.96. The molecule has 8 heteroatoms. The van der Waals surface area contributed by atoms with Crippen molar-refractivity contribution in [2.75, 3.05) is 6.54 Å². The number of carbonyl (C=O) groups is 1. The number of nitrogens with one attached hydrogen (secondary N) is 2. The molecule has 2 rings (SSSR count). The lowest BCUT2D eigenvalue weighted by atomic mass is 9.93. The number of halogens is 3. The highest BCUT2D eigenvalue weighted by atomic mass is 19.4. The summed E-state index contributed by atoms with van der Waals surface area (Å²) in [5, 5.41) is 18.3. The lowest BCUT2D eigenvalue weighted by Crippen LogP contribution is -2.51. The van der Waals surface area contributed by atoms with Gasteiger partial charge in [0.25, 0.3) is 5.91 Å². The van der Waals surface area contributed by atoms with Gasteiger partial charge in [-0.1, -0.05) is 30.3 Å². The summed E-state index contributed by atoms with van der Waals surface area (Å²) in [5.74, 6) is -0.746. The number of hydrogen-bond donors (Lipinski definition) is 3. The number of aliphatic hydroxyl groups is 1. The molecule has 0 saturated carbocycles. The van der Waals surface area contributed by atoms with E-state index in [1.165, 1.54) is 24.4 Å². The van der Waals surface area contributed by atoms with Gasteiger partial charge in [-0.05, 0) is 12.5 Å². The Labute approximate surface area is 124 Å². The van der Waals surface area contributed by atoms with Crippen LogP contribution in [0.1, 0.15) is 21.6 Å². The van der Waals surface area contributed by atoms with Gasteiger partial charge in [-0.25, -0.2) is 0 Å². The molecule has 1 heterocycles. The summed E-state index contributed by atoms with van der Waals surface area (Å²) in [6.45, 7) is 0.568. The van der Waals surface area contributed by atoms with Gasteiger partial charge in [0.1, 0.15) is 0 Å². The van der Waals surface area contributed by atoms with Gasteiger partial charge < -0.3 is 10.4 Å². The summed E-state index contributed by atoms with van der Waals surface area (Å²) in [6, 6.07) is 6.61. The second-order valence-electron chi connectivity index (χ2n) is 4.82. The molecule has 0 spiro atoms. The number of alkyl halides is 3. The molecule has 1 amide bonds. The third-order valence-corrected chi connectivity index (χ3v) is 3.30. The molecule has 1 aromatic heterocycles. The van der Waals surface area contributed by atoms with Gasteiger partial charge in [0.05, 0.1) is 18.3 Å². The van der Waals surface area contributed by atoms with Gasteiger partial charge in [-0.2, -0.15) is 18.3 Å². The number of amides is 1. The summed E-state index contributed by atoms with van der Waals surface area (Å²) in [5.41, 5.74) is -2.96. The molecule has 1 atom stereocenters. The van der Waals surface area contributed by atoms with E-state index < -0.39 is 24.2 Å². The van der Waals surface area contributed by atoms with E-state index in [4.69, 9.17) is 0 Å². The van der Waals surface area contributed by atoms with E-state index in [1.54, 1.807) is 6.92 Å². The zero-order chi connectivity index (χ0) is 16.4. The minimum absolute atomic E-state index is 0.123. The van der Waals surface area contributed by atoms with Crippen molar-refractivity contribution < 1.29 is 23.1 Å². The molecule has 2 aromatic rings. The Morgan fingerprint density at radius 2 is 1.95 bits per heavy atom. The molecule has 0 aliphatic rings. The fourth-order valence-electron chi connectivity index (χ4n) is 1.96. The molecule has 118 valence electrons. The fraction of sp³-hybridized carbons (Fsp3) is 0.286. The van der Waals surface area contributed by atoms with E-state index in [-0.39, 0.29) is 11.1 Å². The number of H-pyrrole nitrogens is 1. The number of rotatable bonds is 4. The topological polar surface area (TPSA) is 78.0 Å². The smallest absolute Gasteiger partial charge is 0.375 e. The Bertz CT molecular complexity index is 655. The molecule has 0 bridgehead atoms. The Morgan fingerprint density at radius 1 is 1.32 bits per heavy atom. The van der Waals surface area contributed by atoms with Crippen LogP contribution in [-0.2, 0) is 5.60 Å². The monoisotopic (exact) mass is 313 g/mol. The summed E-state index contributed by atoms with van der Waals surface area (Å²) in [7, 11) is 0. The SMILES string of the molecule is Cc1[nH]ncc1C(=O)NC[C@](O)(c1ccccc1)C(F)(F)F. The van der Waals surface area contributed by atoms with Crippen LogP contribution < -0.4 is 5.32 Å². The van der Waals surface area contributed by atoms with Crippen LogP contribution in [0.4, 0.5) is 13.2 Å². The van der Waals surface area contributed by atoms with Crippen molar-refractivity contribution in [3.63, 3.8) is 0 Å². The summed E-state index contributed by atoms with van der Waals surface area (Å²) in [4.78, 5) is 11.9. The highest BCUT2D eigenvalue weighted by Crippen LogP contribution is 2.38. The maximum atomic E-state index is 13.2. The maximum Gasteiger partial charge on any atom is 0.423 e. The van der Waals surface area contributed by atoms with Gasteiger partial charge in [-0.3, -0.25) is 9.89 Å². The minimum atomic E-state index is -4.94. The second-order valence-corrected chi connectivity index (χ2v) is 4.82. The first-order valence-electron chi connectivity index (χ1n) is 6.38. The molecule has 22 heavy (non-hydrogen) atoms.